The summed E-state index contributed by atoms with van der Waals surface area (Å²) < 4.78 is 0. The van der Waals surface area contributed by atoms with Gasteiger partial charge in [-0.25, -0.2) is 0 Å². The first-order chi connectivity index (χ1) is 7.31. The van der Waals surface area contributed by atoms with Gasteiger partial charge in [0.05, 0.1) is 0 Å². The van der Waals surface area contributed by atoms with Crippen LogP contribution in [0.3, 0.4) is 0 Å². The SMILES string of the molecule is CC(=CC=O)c1ccc2ccccc2c1. The molecule has 0 spiro atoms. The molecule has 1 nitrogen and oxygen atoms in total. The van der Waals surface area contributed by atoms with Crippen LogP contribution in [0, 0.1) is 0 Å². The summed E-state index contributed by atoms with van der Waals surface area (Å²) in [6.45, 7) is 1.94. The van der Waals surface area contributed by atoms with Gasteiger partial charge in [-0.05, 0) is 41.0 Å². The summed E-state index contributed by atoms with van der Waals surface area (Å²) in [4.78, 5) is 10.4. The van der Waals surface area contributed by atoms with E-state index in [0.29, 0.717) is 0 Å². The van der Waals surface area contributed by atoms with Crippen molar-refractivity contribution in [3.8, 4) is 0 Å². The molecule has 1 heteroatoms. The Kier molecular flexibility index (Phi) is 2.64. The maximum atomic E-state index is 10.4. The van der Waals surface area contributed by atoms with Crippen LogP contribution in [0.1, 0.15) is 12.5 Å². The normalized spacial score (nSPS) is 11.7. The largest absolute Gasteiger partial charge is 0.299 e. The Morgan fingerprint density at radius 2 is 1.80 bits per heavy atom. The molecule has 0 atom stereocenters. The van der Waals surface area contributed by atoms with E-state index in [9.17, 15) is 4.79 Å². The topological polar surface area (TPSA) is 17.1 Å². The molecule has 0 unspecified atom stereocenters. The lowest BCUT2D eigenvalue weighted by Gasteiger charge is -2.02. The van der Waals surface area contributed by atoms with Crippen molar-refractivity contribution in [3.05, 3.63) is 54.1 Å². The van der Waals surface area contributed by atoms with Crippen LogP contribution in [0.4, 0.5) is 0 Å². The lowest BCUT2D eigenvalue weighted by molar-refractivity contribution is -0.104. The van der Waals surface area contributed by atoms with Crippen LogP contribution in [0.15, 0.2) is 48.5 Å². The van der Waals surface area contributed by atoms with Crippen LogP contribution >= 0.6 is 0 Å². The molecule has 0 fully saturated rings. The van der Waals surface area contributed by atoms with Gasteiger partial charge in [0, 0.05) is 0 Å². The fraction of sp³-hybridized carbons (Fsp3) is 0.0714. The number of hydrogen-bond acceptors (Lipinski definition) is 1. The average Bonchev–Trinajstić information content (AvgIpc) is 2.29. The van der Waals surface area contributed by atoms with Crippen molar-refractivity contribution in [2.24, 2.45) is 0 Å². The van der Waals surface area contributed by atoms with Crippen LogP contribution < -0.4 is 0 Å². The highest BCUT2D eigenvalue weighted by Crippen LogP contribution is 2.20. The van der Waals surface area contributed by atoms with E-state index in [1.807, 2.05) is 25.1 Å². The van der Waals surface area contributed by atoms with Crippen molar-refractivity contribution < 1.29 is 4.79 Å². The highest BCUT2D eigenvalue weighted by atomic mass is 16.1. The molecule has 2 aromatic rings. The van der Waals surface area contributed by atoms with E-state index in [2.05, 4.69) is 24.3 Å². The van der Waals surface area contributed by atoms with Crippen molar-refractivity contribution in [1.29, 1.82) is 0 Å². The van der Waals surface area contributed by atoms with E-state index >= 15 is 0 Å². The zero-order chi connectivity index (χ0) is 10.7. The summed E-state index contributed by atoms with van der Waals surface area (Å²) in [6.07, 6.45) is 2.41. The number of rotatable bonds is 2. The van der Waals surface area contributed by atoms with Crippen molar-refractivity contribution >= 4 is 22.6 Å². The van der Waals surface area contributed by atoms with Crippen LogP contribution in [0.25, 0.3) is 16.3 Å². The Morgan fingerprint density at radius 1 is 1.07 bits per heavy atom. The van der Waals surface area contributed by atoms with Gasteiger partial charge in [0.2, 0.25) is 0 Å². The Bertz CT molecular complexity index is 524. The van der Waals surface area contributed by atoms with Crippen LogP contribution in [-0.2, 0) is 4.79 Å². The Balaban J connectivity index is 2.56. The third-order valence-corrected chi connectivity index (χ3v) is 2.52. The summed E-state index contributed by atoms with van der Waals surface area (Å²) in [5, 5.41) is 2.42. The zero-order valence-corrected chi connectivity index (χ0v) is 8.60. The van der Waals surface area contributed by atoms with E-state index in [1.165, 1.54) is 10.8 Å². The van der Waals surface area contributed by atoms with Gasteiger partial charge >= 0.3 is 0 Å². The number of hydrogen-bond donors (Lipinski definition) is 0. The second kappa shape index (κ2) is 4.09. The van der Waals surface area contributed by atoms with E-state index in [4.69, 9.17) is 0 Å². The monoisotopic (exact) mass is 196 g/mol. The first kappa shape index (κ1) is 9.66. The van der Waals surface area contributed by atoms with Gasteiger partial charge in [-0.2, -0.15) is 0 Å². The molecule has 2 aromatic carbocycles. The van der Waals surface area contributed by atoms with Gasteiger partial charge in [0.15, 0.2) is 0 Å². The maximum Gasteiger partial charge on any atom is 0.143 e. The molecule has 2 rings (SSSR count). The highest BCUT2D eigenvalue weighted by Gasteiger charge is 1.97. The zero-order valence-electron chi connectivity index (χ0n) is 8.60. The fourth-order valence-corrected chi connectivity index (χ4v) is 1.63. The fourth-order valence-electron chi connectivity index (χ4n) is 1.63. The quantitative estimate of drug-likeness (QED) is 0.531. The molecule has 0 N–H and O–H groups in total. The van der Waals surface area contributed by atoms with Crippen molar-refractivity contribution in [2.75, 3.05) is 0 Å². The summed E-state index contributed by atoms with van der Waals surface area (Å²) in [7, 11) is 0. The number of fused-ring (bicyclic) bond motifs is 1. The number of carbonyl (C=O) groups is 1. The molecule has 0 amide bonds. The van der Waals surface area contributed by atoms with E-state index < -0.39 is 0 Å². The first-order valence-corrected chi connectivity index (χ1v) is 4.92. The highest BCUT2D eigenvalue weighted by molar-refractivity contribution is 5.88. The number of carbonyl (C=O) groups excluding carboxylic acids is 1. The molecule has 0 heterocycles. The van der Waals surface area contributed by atoms with E-state index in [1.54, 1.807) is 6.08 Å². The minimum atomic E-state index is 0.824. The molecular formula is C14H12O. The molecule has 0 saturated heterocycles. The third-order valence-electron chi connectivity index (χ3n) is 2.52. The van der Waals surface area contributed by atoms with Gasteiger partial charge in [-0.3, -0.25) is 4.79 Å². The van der Waals surface area contributed by atoms with Crippen LogP contribution in [0.5, 0.6) is 0 Å². The third kappa shape index (κ3) is 1.96. The molecule has 0 aromatic heterocycles. The predicted octanol–water partition coefficient (Wildman–Crippen LogP) is 3.44. The Morgan fingerprint density at radius 3 is 2.53 bits per heavy atom. The van der Waals surface area contributed by atoms with Gasteiger partial charge in [0.25, 0.3) is 0 Å². The van der Waals surface area contributed by atoms with Gasteiger partial charge in [-0.1, -0.05) is 36.4 Å². The minimum absolute atomic E-state index is 0.824. The number of aldehydes is 1. The molecule has 0 bridgehead atoms. The molecule has 0 saturated carbocycles. The predicted molar refractivity (Wildman–Crippen MR) is 63.7 cm³/mol. The van der Waals surface area contributed by atoms with Crippen molar-refractivity contribution in [3.63, 3.8) is 0 Å². The Labute approximate surface area is 89.0 Å². The van der Waals surface area contributed by atoms with E-state index in [-0.39, 0.29) is 0 Å². The lowest BCUT2D eigenvalue weighted by Crippen LogP contribution is -1.81. The maximum absolute atomic E-state index is 10.4. The van der Waals surface area contributed by atoms with Crippen LogP contribution in [-0.4, -0.2) is 6.29 Å². The van der Waals surface area contributed by atoms with Crippen molar-refractivity contribution in [2.45, 2.75) is 6.92 Å². The Hall–Kier alpha value is -1.89. The summed E-state index contributed by atoms with van der Waals surface area (Å²) >= 11 is 0. The molecule has 0 aliphatic rings. The molecular weight excluding hydrogens is 184 g/mol. The average molecular weight is 196 g/mol. The summed E-state index contributed by atoms with van der Waals surface area (Å²) in [5.41, 5.74) is 2.09. The molecule has 0 aliphatic carbocycles. The first-order valence-electron chi connectivity index (χ1n) is 4.92. The standard InChI is InChI=1S/C14H12O/c1-11(8-9-15)13-7-6-12-4-2-3-5-14(12)10-13/h2-10H,1H3. The summed E-state index contributed by atoms with van der Waals surface area (Å²) in [5.74, 6) is 0. The second-order valence-corrected chi connectivity index (χ2v) is 3.55. The molecule has 74 valence electrons. The van der Waals surface area contributed by atoms with Gasteiger partial charge in [0.1, 0.15) is 6.29 Å². The number of allylic oxidation sites excluding steroid dienone is 2. The number of benzene rings is 2. The smallest absolute Gasteiger partial charge is 0.143 e. The summed E-state index contributed by atoms with van der Waals surface area (Å²) in [6, 6.07) is 14.4. The van der Waals surface area contributed by atoms with Gasteiger partial charge < -0.3 is 0 Å². The minimum Gasteiger partial charge on any atom is -0.299 e. The van der Waals surface area contributed by atoms with Crippen molar-refractivity contribution in [1.82, 2.24) is 0 Å². The lowest BCUT2D eigenvalue weighted by atomic mass is 10.0. The molecule has 0 aliphatic heterocycles. The second-order valence-electron chi connectivity index (χ2n) is 3.55. The van der Waals surface area contributed by atoms with Crippen LogP contribution in [0.2, 0.25) is 0 Å². The molecule has 15 heavy (non-hydrogen) atoms. The van der Waals surface area contributed by atoms with Gasteiger partial charge in [-0.15, -0.1) is 0 Å². The molecule has 0 radical (unpaired) electrons. The van der Waals surface area contributed by atoms with E-state index in [0.717, 1.165) is 17.4 Å².